The second-order valence-electron chi connectivity index (χ2n) is 17.4. The van der Waals surface area contributed by atoms with E-state index in [1.807, 2.05) is 18.2 Å². The second kappa shape index (κ2) is 17.9. The molecule has 2 aromatic rings. The highest BCUT2D eigenvalue weighted by Gasteiger charge is 2.54. The molecule has 4 saturated heterocycles. The van der Waals surface area contributed by atoms with Crippen LogP contribution < -0.4 is 10.2 Å². The first-order chi connectivity index (χ1) is 28.3. The third kappa shape index (κ3) is 9.03. The van der Waals surface area contributed by atoms with E-state index in [1.54, 1.807) is 25.3 Å². The van der Waals surface area contributed by atoms with Gasteiger partial charge in [-0.1, -0.05) is 25.1 Å². The Bertz CT molecular complexity index is 1950. The molecule has 4 aliphatic heterocycles. The molecule has 4 atom stereocenters. The number of halogens is 1. The quantitative estimate of drug-likeness (QED) is 0.280. The van der Waals surface area contributed by atoms with Gasteiger partial charge in [-0.15, -0.1) is 0 Å². The van der Waals surface area contributed by atoms with Crippen LogP contribution in [-0.2, 0) is 34.3 Å². The van der Waals surface area contributed by atoms with Crippen LogP contribution in [-0.4, -0.2) is 156 Å². The third-order valence-corrected chi connectivity index (χ3v) is 15.8. The van der Waals surface area contributed by atoms with Crippen molar-refractivity contribution >= 4 is 33.4 Å². The SMILES string of the molecule is C=CC(=O)N1CCN(C(C)=O)[C@H](CS(=O)(=O)c2ccc(N3CC(CN4CCC([C@@](CN5CCC5)(c5cccc(F)c5)[C@H]5CCC[C@@H]5NC(=O)OC)CC4)(OC)C3)cc2)C1. The van der Waals surface area contributed by atoms with E-state index in [0.29, 0.717) is 19.6 Å². The number of nitrogens with zero attached hydrogens (tertiary/aromatic N) is 5. The maximum Gasteiger partial charge on any atom is 0.407 e. The van der Waals surface area contributed by atoms with E-state index in [1.165, 1.54) is 36.0 Å². The first kappa shape index (κ1) is 43.1. The fourth-order valence-corrected chi connectivity index (χ4v) is 12.4. The summed E-state index contributed by atoms with van der Waals surface area (Å²) in [6.07, 6.45) is 6.68. The smallest absolute Gasteiger partial charge is 0.407 e. The number of benzene rings is 2. The van der Waals surface area contributed by atoms with Crippen LogP contribution in [0.3, 0.4) is 0 Å². The monoisotopic (exact) mass is 836 g/mol. The summed E-state index contributed by atoms with van der Waals surface area (Å²) >= 11 is 0. The van der Waals surface area contributed by atoms with Gasteiger partial charge in [-0.2, -0.15) is 0 Å². The fraction of sp³-hybridized carbons (Fsp3) is 0.614. The van der Waals surface area contributed by atoms with Gasteiger partial charge in [-0.25, -0.2) is 17.6 Å². The molecule has 59 heavy (non-hydrogen) atoms. The molecule has 3 amide bonds. The zero-order chi connectivity index (χ0) is 42.0. The Hall–Kier alpha value is -4.05. The summed E-state index contributed by atoms with van der Waals surface area (Å²) in [6, 6.07) is 13.4. The largest absolute Gasteiger partial charge is 0.453 e. The number of ether oxygens (including phenoxy) is 2. The number of anilines is 1. The number of rotatable bonds is 14. The molecular weight excluding hydrogens is 776 g/mol. The lowest BCUT2D eigenvalue weighted by Gasteiger charge is -2.55. The van der Waals surface area contributed by atoms with Gasteiger partial charge in [-0.05, 0) is 118 Å². The van der Waals surface area contributed by atoms with Crippen LogP contribution in [0.25, 0.3) is 0 Å². The molecule has 4 heterocycles. The van der Waals surface area contributed by atoms with E-state index in [0.717, 1.165) is 89.0 Å². The minimum atomic E-state index is -3.77. The minimum Gasteiger partial charge on any atom is -0.453 e. The molecule has 0 aromatic heterocycles. The maximum absolute atomic E-state index is 15.1. The predicted molar refractivity (Wildman–Crippen MR) is 223 cm³/mol. The molecule has 2 aromatic carbocycles. The molecule has 15 heteroatoms. The standard InChI is InChI=1S/C44H61FN6O7S/c1-5-41(53)49-23-24-51(32(2)52)37(26-49)27-59(55,56)38-15-13-36(14-16-38)50-29-43(30-50,58-4)28-48-21-17-33(18-22-48)44(31-47-19-8-20-47,34-9-6-10-35(45)25-34)39-11-7-12-40(39)46-42(54)57-3/h5-6,9-10,13-16,25,33,37,39-40H,1,7-8,11-12,17-24,26-31H2,2-4H3,(H,46,54)/t37-,39-,40-,44-/m0/s1. The van der Waals surface area contributed by atoms with Crippen LogP contribution in [0.15, 0.2) is 66.1 Å². The lowest BCUT2D eigenvalue weighted by Crippen LogP contribution is -2.68. The summed E-state index contributed by atoms with van der Waals surface area (Å²) in [5.41, 5.74) is 1.21. The van der Waals surface area contributed by atoms with Crippen molar-refractivity contribution in [3.63, 3.8) is 0 Å². The highest BCUT2D eigenvalue weighted by molar-refractivity contribution is 7.91. The zero-order valence-corrected chi connectivity index (χ0v) is 35.6. The Kier molecular flexibility index (Phi) is 13.1. The number of nitrogens with one attached hydrogen (secondary N) is 1. The van der Waals surface area contributed by atoms with E-state index in [-0.39, 0.29) is 70.3 Å². The average molecular weight is 837 g/mol. The molecule has 5 aliphatic rings. The van der Waals surface area contributed by atoms with Crippen molar-refractivity contribution in [3.8, 4) is 0 Å². The summed E-state index contributed by atoms with van der Waals surface area (Å²) in [4.78, 5) is 47.7. The highest BCUT2D eigenvalue weighted by Crippen LogP contribution is 2.51. The summed E-state index contributed by atoms with van der Waals surface area (Å²) < 4.78 is 53.6. The van der Waals surface area contributed by atoms with Gasteiger partial charge in [-0.3, -0.25) is 9.59 Å². The molecule has 7 rings (SSSR count). The molecule has 0 bridgehead atoms. The number of amides is 3. The Morgan fingerprint density at radius 1 is 0.949 bits per heavy atom. The first-order valence-corrected chi connectivity index (χ1v) is 22.8. The molecule has 0 radical (unpaired) electrons. The lowest BCUT2D eigenvalue weighted by atomic mass is 9.57. The van der Waals surface area contributed by atoms with Gasteiger partial charge in [0.25, 0.3) is 0 Å². The van der Waals surface area contributed by atoms with Crippen molar-refractivity contribution in [1.29, 1.82) is 0 Å². The number of piperazine rings is 1. The van der Waals surface area contributed by atoms with Gasteiger partial charge in [0.05, 0.1) is 36.9 Å². The number of piperidine rings is 1. The number of carbonyl (C=O) groups excluding carboxylic acids is 3. The molecule has 13 nitrogen and oxygen atoms in total. The molecule has 1 aliphatic carbocycles. The normalized spacial score (nSPS) is 25.1. The van der Waals surface area contributed by atoms with E-state index >= 15 is 4.39 Å². The van der Waals surface area contributed by atoms with Crippen molar-refractivity contribution in [2.24, 2.45) is 11.8 Å². The highest BCUT2D eigenvalue weighted by atomic mass is 32.2. The van der Waals surface area contributed by atoms with E-state index in [2.05, 4.69) is 32.7 Å². The van der Waals surface area contributed by atoms with Gasteiger partial charge in [0.2, 0.25) is 11.8 Å². The number of likely N-dealkylation sites (tertiary alicyclic amines) is 2. The summed E-state index contributed by atoms with van der Waals surface area (Å²) in [5.74, 6) is -0.584. The Morgan fingerprint density at radius 2 is 1.68 bits per heavy atom. The van der Waals surface area contributed by atoms with Gasteiger partial charge in [0.15, 0.2) is 9.84 Å². The number of alkyl carbamates (subject to hydrolysis) is 1. The number of methoxy groups -OCH3 is 2. The first-order valence-electron chi connectivity index (χ1n) is 21.2. The van der Waals surface area contributed by atoms with E-state index in [9.17, 15) is 22.8 Å². The average Bonchev–Trinajstić information content (AvgIpc) is 3.66. The fourth-order valence-electron chi connectivity index (χ4n) is 10.8. The van der Waals surface area contributed by atoms with Crippen molar-refractivity contribution in [1.82, 2.24) is 24.9 Å². The molecular formula is C44H61FN6O7S. The predicted octanol–water partition coefficient (Wildman–Crippen LogP) is 3.93. The molecule has 1 saturated carbocycles. The number of hydrogen-bond acceptors (Lipinski definition) is 10. The molecule has 322 valence electrons. The Labute approximate surface area is 348 Å². The van der Waals surface area contributed by atoms with E-state index in [4.69, 9.17) is 9.47 Å². The molecule has 0 unspecified atom stereocenters. The summed E-state index contributed by atoms with van der Waals surface area (Å²) in [6.45, 7) is 12.4. The number of carbonyl (C=O) groups is 3. The maximum atomic E-state index is 15.1. The lowest BCUT2D eigenvalue weighted by molar-refractivity contribution is -0.138. The second-order valence-corrected chi connectivity index (χ2v) is 19.4. The minimum absolute atomic E-state index is 0.0498. The van der Waals surface area contributed by atoms with Gasteiger partial charge < -0.3 is 39.3 Å². The van der Waals surface area contributed by atoms with Crippen LogP contribution in [0, 0.1) is 17.7 Å². The van der Waals surface area contributed by atoms with Crippen molar-refractivity contribution in [2.75, 3.05) is 96.9 Å². The van der Waals surface area contributed by atoms with Gasteiger partial charge in [0, 0.05) is 63.9 Å². The van der Waals surface area contributed by atoms with Crippen LogP contribution in [0.4, 0.5) is 14.9 Å². The number of hydrogen-bond donors (Lipinski definition) is 1. The van der Waals surface area contributed by atoms with Crippen LogP contribution >= 0.6 is 0 Å². The Balaban J connectivity index is 1.01. The molecule has 1 N–H and O–H groups in total. The Morgan fingerprint density at radius 3 is 2.29 bits per heavy atom. The number of sulfone groups is 1. The van der Waals surface area contributed by atoms with E-state index < -0.39 is 22.0 Å². The van der Waals surface area contributed by atoms with Crippen molar-refractivity contribution in [2.45, 2.75) is 73.4 Å². The zero-order valence-electron chi connectivity index (χ0n) is 34.8. The summed E-state index contributed by atoms with van der Waals surface area (Å²) in [7, 11) is -0.605. The summed E-state index contributed by atoms with van der Waals surface area (Å²) in [5, 5.41) is 3.17. The third-order valence-electron chi connectivity index (χ3n) is 14.0. The van der Waals surface area contributed by atoms with Gasteiger partial charge in [0.1, 0.15) is 11.4 Å². The van der Waals surface area contributed by atoms with Crippen LogP contribution in [0.5, 0.6) is 0 Å². The molecule has 0 spiro atoms. The van der Waals surface area contributed by atoms with Crippen LogP contribution in [0.1, 0.15) is 51.0 Å². The topological polar surface area (TPSA) is 132 Å². The van der Waals surface area contributed by atoms with Gasteiger partial charge >= 0.3 is 6.09 Å². The van der Waals surface area contributed by atoms with Crippen LogP contribution in [0.2, 0.25) is 0 Å². The van der Waals surface area contributed by atoms with Crippen molar-refractivity contribution in [3.05, 3.63) is 72.6 Å². The molecule has 5 fully saturated rings. The van der Waals surface area contributed by atoms with Crippen molar-refractivity contribution < 1.29 is 36.7 Å².